The molecule has 9 nitrogen and oxygen atoms in total. The maximum absolute atomic E-state index is 14.9. The Morgan fingerprint density at radius 2 is 1.94 bits per heavy atom. The summed E-state index contributed by atoms with van der Waals surface area (Å²) in [6.07, 6.45) is 1.61. The van der Waals surface area contributed by atoms with E-state index in [4.69, 9.17) is 9.47 Å². The number of halogens is 1. The van der Waals surface area contributed by atoms with Crippen LogP contribution in [0.3, 0.4) is 0 Å². The number of carbonyl (C=O) groups is 2. The Bertz CT molecular complexity index is 1140. The van der Waals surface area contributed by atoms with E-state index in [1.54, 1.807) is 42.3 Å². The van der Waals surface area contributed by atoms with Crippen molar-refractivity contribution in [3.63, 3.8) is 0 Å². The van der Waals surface area contributed by atoms with Gasteiger partial charge in [0.15, 0.2) is 6.17 Å². The number of methoxy groups -OCH3 is 1. The molecule has 1 unspecified atom stereocenters. The maximum atomic E-state index is 14.9. The molecule has 2 aliphatic heterocycles. The van der Waals surface area contributed by atoms with E-state index in [1.807, 2.05) is 0 Å². The van der Waals surface area contributed by atoms with Crippen LogP contribution in [0.15, 0.2) is 41.4 Å². The first kappa shape index (κ1) is 25.4. The summed E-state index contributed by atoms with van der Waals surface area (Å²) < 4.78 is 25.4. The number of hydrogen-bond acceptors (Lipinski definition) is 7. The molecule has 0 radical (unpaired) electrons. The topological polar surface area (TPSA) is 104 Å². The van der Waals surface area contributed by atoms with Crippen LogP contribution in [0.25, 0.3) is 0 Å². The summed E-state index contributed by atoms with van der Waals surface area (Å²) in [6.45, 7) is 6.32. The third kappa shape index (κ3) is 6.31. The molecule has 2 aromatic carbocycles. The molecule has 10 heteroatoms. The lowest BCUT2D eigenvalue weighted by molar-refractivity contribution is -0.134. The molecule has 1 fully saturated rings. The third-order valence-electron chi connectivity index (χ3n) is 6.19. The average molecular weight is 498 g/mol. The van der Waals surface area contributed by atoms with Gasteiger partial charge >= 0.3 is 0 Å². The fourth-order valence-electron chi connectivity index (χ4n) is 4.27. The number of rotatable bonds is 9. The molecular weight excluding hydrogens is 465 g/mol. The second-order valence-electron chi connectivity index (χ2n) is 9.71. The molecule has 2 amide bonds. The molecule has 192 valence electrons. The summed E-state index contributed by atoms with van der Waals surface area (Å²) in [4.78, 5) is 30.9. The van der Waals surface area contributed by atoms with Crippen LogP contribution in [-0.2, 0) is 14.3 Å². The van der Waals surface area contributed by atoms with Gasteiger partial charge in [-0.05, 0) is 36.1 Å². The zero-order chi connectivity index (χ0) is 25.7. The van der Waals surface area contributed by atoms with Crippen molar-refractivity contribution < 1.29 is 23.5 Å². The quantitative estimate of drug-likeness (QED) is 0.357. The van der Waals surface area contributed by atoms with E-state index in [1.165, 1.54) is 12.4 Å². The molecule has 2 heterocycles. The number of fused-ring (bicyclic) bond motifs is 1. The minimum atomic E-state index is -0.642. The lowest BCUT2D eigenvalue weighted by Gasteiger charge is -2.24. The van der Waals surface area contributed by atoms with Crippen molar-refractivity contribution in [1.29, 1.82) is 0 Å². The number of anilines is 3. The summed E-state index contributed by atoms with van der Waals surface area (Å²) in [5.41, 5.74) is 2.29. The largest absolute Gasteiger partial charge is 0.491 e. The van der Waals surface area contributed by atoms with E-state index < -0.39 is 12.0 Å². The van der Waals surface area contributed by atoms with Crippen LogP contribution in [0, 0.1) is 11.2 Å². The molecule has 36 heavy (non-hydrogen) atoms. The molecule has 4 rings (SSSR count). The average Bonchev–Trinajstić information content (AvgIpc) is 3.20. The van der Waals surface area contributed by atoms with Gasteiger partial charge in [-0.15, -0.1) is 0 Å². The van der Waals surface area contributed by atoms with Gasteiger partial charge in [-0.1, -0.05) is 13.8 Å². The summed E-state index contributed by atoms with van der Waals surface area (Å²) in [6, 6.07) is 10.0. The van der Waals surface area contributed by atoms with Crippen LogP contribution < -0.4 is 20.7 Å². The molecule has 0 aliphatic carbocycles. The van der Waals surface area contributed by atoms with Crippen LogP contribution in [0.4, 0.5) is 21.5 Å². The van der Waals surface area contributed by atoms with E-state index in [-0.39, 0.29) is 23.7 Å². The van der Waals surface area contributed by atoms with Crippen molar-refractivity contribution in [1.82, 2.24) is 4.90 Å². The number of nitrogens with one attached hydrogen (secondary N) is 3. The van der Waals surface area contributed by atoms with E-state index in [9.17, 15) is 14.0 Å². The minimum Gasteiger partial charge on any atom is -0.491 e. The lowest BCUT2D eigenvalue weighted by atomic mass is 9.93. The van der Waals surface area contributed by atoms with Gasteiger partial charge in [0.25, 0.3) is 0 Å². The third-order valence-corrected chi connectivity index (χ3v) is 6.19. The van der Waals surface area contributed by atoms with Crippen LogP contribution >= 0.6 is 0 Å². The number of amides is 2. The smallest absolute Gasteiger partial charge is 0.233 e. The van der Waals surface area contributed by atoms with Gasteiger partial charge in [-0.2, -0.15) is 0 Å². The van der Waals surface area contributed by atoms with Gasteiger partial charge in [0.2, 0.25) is 11.8 Å². The Kier molecular flexibility index (Phi) is 7.73. The number of benzene rings is 2. The number of carbonyl (C=O) groups excluding carboxylic acids is 2. The number of ether oxygens (including phenoxy) is 2. The highest BCUT2D eigenvalue weighted by molar-refractivity contribution is 6.03. The van der Waals surface area contributed by atoms with Crippen molar-refractivity contribution in [3.05, 3.63) is 47.8 Å². The first-order valence-corrected chi connectivity index (χ1v) is 11.9. The SMILES string of the molecule is COCCOc1cc(F)c2c(c1)NC=NC2Nc1ccc(NC(=O)CC(=O)N2CCC(C)(C)C2)cc1. The fourth-order valence-corrected chi connectivity index (χ4v) is 4.27. The van der Waals surface area contributed by atoms with Crippen molar-refractivity contribution in [2.24, 2.45) is 10.4 Å². The molecular formula is C26H32FN5O4. The maximum Gasteiger partial charge on any atom is 0.233 e. The Morgan fingerprint density at radius 3 is 2.64 bits per heavy atom. The molecule has 3 N–H and O–H groups in total. The van der Waals surface area contributed by atoms with Crippen LogP contribution in [0.5, 0.6) is 5.75 Å². The van der Waals surface area contributed by atoms with E-state index in [0.717, 1.165) is 6.42 Å². The van der Waals surface area contributed by atoms with Gasteiger partial charge < -0.3 is 30.3 Å². The van der Waals surface area contributed by atoms with Gasteiger partial charge in [-0.3, -0.25) is 9.59 Å². The van der Waals surface area contributed by atoms with Crippen LogP contribution in [0.2, 0.25) is 0 Å². The summed E-state index contributed by atoms with van der Waals surface area (Å²) in [7, 11) is 1.57. The van der Waals surface area contributed by atoms with Gasteiger partial charge in [0, 0.05) is 43.7 Å². The first-order valence-electron chi connectivity index (χ1n) is 11.9. The fraction of sp³-hybridized carbons (Fsp3) is 0.423. The van der Waals surface area contributed by atoms with E-state index in [0.29, 0.717) is 54.7 Å². The molecule has 2 aliphatic rings. The predicted molar refractivity (Wildman–Crippen MR) is 137 cm³/mol. The molecule has 0 bridgehead atoms. The van der Waals surface area contributed by atoms with Crippen LogP contribution in [0.1, 0.15) is 38.4 Å². The van der Waals surface area contributed by atoms with Crippen molar-refractivity contribution in [3.8, 4) is 5.75 Å². The van der Waals surface area contributed by atoms with E-state index >= 15 is 0 Å². The standard InChI is InChI=1S/C26H32FN5O4/c1-26(2)8-9-32(15-26)23(34)14-22(33)30-17-4-6-18(7-5-17)31-25-24-20(27)12-19(36-11-10-35-3)13-21(24)28-16-29-25/h4-7,12-13,16,25,31H,8-11,14-15H2,1-3H3,(H,28,29)(H,30,33). The lowest BCUT2D eigenvalue weighted by Crippen LogP contribution is -2.33. The molecule has 0 aromatic heterocycles. The molecule has 0 saturated carbocycles. The Labute approximate surface area is 210 Å². The minimum absolute atomic E-state index is 0.0942. The predicted octanol–water partition coefficient (Wildman–Crippen LogP) is 4.00. The molecule has 0 spiro atoms. The van der Waals surface area contributed by atoms with E-state index in [2.05, 4.69) is 34.8 Å². The zero-order valence-corrected chi connectivity index (χ0v) is 20.8. The summed E-state index contributed by atoms with van der Waals surface area (Å²) in [5.74, 6) is -0.561. The number of aliphatic imine (C=N–C) groups is 1. The highest BCUT2D eigenvalue weighted by Crippen LogP contribution is 2.35. The van der Waals surface area contributed by atoms with Crippen molar-refractivity contribution in [2.75, 3.05) is 49.4 Å². The van der Waals surface area contributed by atoms with Crippen molar-refractivity contribution in [2.45, 2.75) is 32.9 Å². The monoisotopic (exact) mass is 497 g/mol. The van der Waals surface area contributed by atoms with Gasteiger partial charge in [0.1, 0.15) is 24.6 Å². The first-order chi connectivity index (χ1) is 17.2. The van der Waals surface area contributed by atoms with Gasteiger partial charge in [0.05, 0.1) is 24.2 Å². The Morgan fingerprint density at radius 1 is 1.19 bits per heavy atom. The Hall–Kier alpha value is -3.66. The number of nitrogens with zero attached hydrogens (tertiary/aromatic N) is 2. The summed E-state index contributed by atoms with van der Waals surface area (Å²) >= 11 is 0. The normalized spacial score (nSPS) is 17.8. The number of hydrogen-bond donors (Lipinski definition) is 3. The highest BCUT2D eigenvalue weighted by atomic mass is 19.1. The van der Waals surface area contributed by atoms with Crippen LogP contribution in [-0.4, -0.2) is 56.5 Å². The highest BCUT2D eigenvalue weighted by Gasteiger charge is 2.32. The molecule has 1 atom stereocenters. The van der Waals surface area contributed by atoms with Gasteiger partial charge in [-0.25, -0.2) is 9.38 Å². The van der Waals surface area contributed by atoms with Crippen molar-refractivity contribution >= 4 is 35.2 Å². The molecule has 1 saturated heterocycles. The second kappa shape index (κ2) is 10.9. The number of likely N-dealkylation sites (tertiary alicyclic amines) is 1. The second-order valence-corrected chi connectivity index (χ2v) is 9.71. The summed E-state index contributed by atoms with van der Waals surface area (Å²) in [5, 5.41) is 8.92. The Balaban J connectivity index is 1.34. The molecule has 2 aromatic rings. The zero-order valence-electron chi connectivity index (χ0n) is 20.8.